The number of carbonyl (C=O) groups is 2. The number of rotatable bonds is 10. The minimum Gasteiger partial charge on any atom is -0.358 e. The summed E-state index contributed by atoms with van der Waals surface area (Å²) in [6.07, 6.45) is 5.65. The number of anilines is 1. The Labute approximate surface area is 227 Å². The number of amides is 2. The molecular formula is C28H32ClN5O2S. The monoisotopic (exact) mass is 537 g/mol. The summed E-state index contributed by atoms with van der Waals surface area (Å²) in [5, 5.41) is 0. The number of thiophene rings is 1. The smallest absolute Gasteiger partial charge is 0.312 e. The van der Waals surface area contributed by atoms with E-state index in [9.17, 15) is 9.59 Å². The van der Waals surface area contributed by atoms with Crippen molar-refractivity contribution in [3.8, 4) is 11.1 Å². The van der Waals surface area contributed by atoms with Gasteiger partial charge in [-0.1, -0.05) is 41.9 Å². The van der Waals surface area contributed by atoms with Gasteiger partial charge in [0, 0.05) is 57.4 Å². The molecule has 1 aliphatic heterocycles. The van der Waals surface area contributed by atoms with E-state index in [0.717, 1.165) is 44.8 Å². The van der Waals surface area contributed by atoms with Crippen LogP contribution in [0.5, 0.6) is 0 Å². The highest BCUT2D eigenvalue weighted by atomic mass is 35.5. The fourth-order valence-electron chi connectivity index (χ4n) is 4.05. The molecule has 1 saturated heterocycles. The first-order valence-corrected chi connectivity index (χ1v) is 13.4. The lowest BCUT2D eigenvalue weighted by molar-refractivity contribution is -0.156. The summed E-state index contributed by atoms with van der Waals surface area (Å²) < 4.78 is 0.723. The molecule has 2 amide bonds. The average molecular weight is 538 g/mol. The number of hydrogen-bond acceptors (Lipinski definition) is 6. The van der Waals surface area contributed by atoms with Gasteiger partial charge in [0.25, 0.3) is 0 Å². The highest BCUT2D eigenvalue weighted by Crippen LogP contribution is 2.24. The molecule has 4 rings (SSSR count). The number of aromatic nitrogens is 1. The molecule has 0 radical (unpaired) electrons. The van der Waals surface area contributed by atoms with Crippen LogP contribution in [0.15, 0.2) is 60.8 Å². The highest BCUT2D eigenvalue weighted by Gasteiger charge is 2.31. The zero-order valence-electron chi connectivity index (χ0n) is 21.4. The van der Waals surface area contributed by atoms with Crippen LogP contribution in [0.2, 0.25) is 4.34 Å². The summed E-state index contributed by atoms with van der Waals surface area (Å²) in [5.74, 6) is 0.0151. The van der Waals surface area contributed by atoms with Gasteiger partial charge in [-0.15, -0.1) is 11.3 Å². The van der Waals surface area contributed by atoms with Crippen LogP contribution in [0.4, 0.5) is 5.82 Å². The maximum atomic E-state index is 12.7. The van der Waals surface area contributed by atoms with Crippen LogP contribution < -0.4 is 4.90 Å². The average Bonchev–Trinajstić information content (AvgIpc) is 3.32. The Kier molecular flexibility index (Phi) is 8.97. The third-order valence-electron chi connectivity index (χ3n) is 6.28. The molecule has 1 aromatic carbocycles. The maximum absolute atomic E-state index is 12.7. The third-order valence-corrected chi connectivity index (χ3v) is 7.48. The number of hydrogen-bond donors (Lipinski definition) is 0. The number of carbonyl (C=O) groups excluding carboxylic acids is 2. The summed E-state index contributed by atoms with van der Waals surface area (Å²) in [6, 6.07) is 16.0. The predicted octanol–water partition coefficient (Wildman–Crippen LogP) is 4.35. The summed E-state index contributed by atoms with van der Waals surface area (Å²) in [5.41, 5.74) is 3.16. The van der Waals surface area contributed by atoms with Crippen LogP contribution in [-0.2, 0) is 16.1 Å². The Morgan fingerprint density at radius 2 is 1.68 bits per heavy atom. The molecule has 0 saturated carbocycles. The lowest BCUT2D eigenvalue weighted by atomic mass is 10.0. The normalized spacial score (nSPS) is 14.3. The minimum atomic E-state index is -0.459. The SMILES string of the molecule is CN(C)CCN(C)c1cc(-c2ccc(CN3CCN(CC=Cc4ccc(Cl)s4)C(=O)C3=O)cc2)ccn1. The second-order valence-corrected chi connectivity index (χ2v) is 11.1. The first-order valence-electron chi connectivity index (χ1n) is 12.2. The van der Waals surface area contributed by atoms with E-state index in [-0.39, 0.29) is 0 Å². The van der Waals surface area contributed by atoms with E-state index in [1.165, 1.54) is 11.3 Å². The number of nitrogens with zero attached hydrogens (tertiary/aromatic N) is 5. The van der Waals surface area contributed by atoms with Crippen molar-refractivity contribution >= 4 is 46.6 Å². The van der Waals surface area contributed by atoms with Crippen LogP contribution in [0, 0.1) is 0 Å². The van der Waals surface area contributed by atoms with Crippen LogP contribution in [0.25, 0.3) is 17.2 Å². The number of benzene rings is 1. The quantitative estimate of drug-likeness (QED) is 0.360. The van der Waals surface area contributed by atoms with Crippen molar-refractivity contribution in [3.63, 3.8) is 0 Å². The number of pyridine rings is 1. The second-order valence-electron chi connectivity index (χ2n) is 9.35. The van der Waals surface area contributed by atoms with Gasteiger partial charge in [-0.05, 0) is 61.1 Å². The molecular weight excluding hydrogens is 506 g/mol. The van der Waals surface area contributed by atoms with Gasteiger partial charge < -0.3 is 19.6 Å². The third kappa shape index (κ3) is 7.19. The van der Waals surface area contributed by atoms with Crippen molar-refractivity contribution < 1.29 is 9.59 Å². The Morgan fingerprint density at radius 1 is 0.946 bits per heavy atom. The van der Waals surface area contributed by atoms with Crippen LogP contribution in [0.1, 0.15) is 10.4 Å². The Balaban J connectivity index is 1.33. The molecule has 0 bridgehead atoms. The molecule has 0 atom stereocenters. The van der Waals surface area contributed by atoms with Crippen molar-refractivity contribution in [2.45, 2.75) is 6.54 Å². The van der Waals surface area contributed by atoms with E-state index >= 15 is 0 Å². The Morgan fingerprint density at radius 3 is 2.38 bits per heavy atom. The molecule has 194 valence electrons. The molecule has 37 heavy (non-hydrogen) atoms. The van der Waals surface area contributed by atoms with E-state index < -0.39 is 11.8 Å². The first kappa shape index (κ1) is 26.9. The van der Waals surface area contributed by atoms with Crippen molar-refractivity contribution in [1.82, 2.24) is 19.7 Å². The number of piperazine rings is 1. The van der Waals surface area contributed by atoms with E-state index in [0.29, 0.717) is 26.2 Å². The Bertz CT molecular complexity index is 1260. The molecule has 0 spiro atoms. The topological polar surface area (TPSA) is 60.0 Å². The molecule has 0 aliphatic carbocycles. The molecule has 9 heteroatoms. The summed E-state index contributed by atoms with van der Waals surface area (Å²) in [7, 11) is 6.17. The Hall–Kier alpha value is -3.20. The molecule has 1 fully saturated rings. The predicted molar refractivity (Wildman–Crippen MR) is 152 cm³/mol. The van der Waals surface area contributed by atoms with Crippen molar-refractivity contribution in [3.05, 3.63) is 75.6 Å². The van der Waals surface area contributed by atoms with E-state index in [2.05, 4.69) is 47.1 Å². The highest BCUT2D eigenvalue weighted by molar-refractivity contribution is 7.17. The minimum absolute atomic E-state index is 0.404. The zero-order chi connectivity index (χ0) is 26.4. The molecule has 0 unspecified atom stereocenters. The summed E-state index contributed by atoms with van der Waals surface area (Å²) in [6.45, 7) is 3.69. The largest absolute Gasteiger partial charge is 0.358 e. The zero-order valence-corrected chi connectivity index (χ0v) is 23.0. The number of likely N-dealkylation sites (N-methyl/N-ethyl adjacent to an activating group) is 2. The lowest BCUT2D eigenvalue weighted by Gasteiger charge is -2.33. The van der Waals surface area contributed by atoms with E-state index in [4.69, 9.17) is 11.6 Å². The molecule has 1 aliphatic rings. The van der Waals surface area contributed by atoms with Gasteiger partial charge in [0.2, 0.25) is 0 Å². The second kappa shape index (κ2) is 12.4. The van der Waals surface area contributed by atoms with Crippen molar-refractivity contribution in [2.24, 2.45) is 0 Å². The van der Waals surface area contributed by atoms with Gasteiger partial charge in [-0.2, -0.15) is 0 Å². The molecule has 3 heterocycles. The van der Waals surface area contributed by atoms with Crippen molar-refractivity contribution in [1.29, 1.82) is 0 Å². The first-order chi connectivity index (χ1) is 17.8. The van der Waals surface area contributed by atoms with Crippen LogP contribution in [-0.4, -0.2) is 85.4 Å². The summed E-state index contributed by atoms with van der Waals surface area (Å²) in [4.78, 5) is 38.4. The van der Waals surface area contributed by atoms with Gasteiger partial charge in [-0.3, -0.25) is 9.59 Å². The number of halogens is 1. The van der Waals surface area contributed by atoms with E-state index in [1.807, 2.05) is 55.7 Å². The molecule has 2 aromatic heterocycles. The van der Waals surface area contributed by atoms with Gasteiger partial charge in [-0.25, -0.2) is 4.98 Å². The molecule has 3 aromatic rings. The van der Waals surface area contributed by atoms with Gasteiger partial charge >= 0.3 is 11.8 Å². The molecule has 0 N–H and O–H groups in total. The fraction of sp³-hybridized carbons (Fsp3) is 0.321. The molecule has 7 nitrogen and oxygen atoms in total. The van der Waals surface area contributed by atoms with E-state index in [1.54, 1.807) is 9.80 Å². The van der Waals surface area contributed by atoms with Gasteiger partial charge in [0.05, 0.1) is 4.34 Å². The van der Waals surface area contributed by atoms with Crippen LogP contribution in [0.3, 0.4) is 0 Å². The summed E-state index contributed by atoms with van der Waals surface area (Å²) >= 11 is 7.43. The fourth-order valence-corrected chi connectivity index (χ4v) is 5.04. The van der Waals surface area contributed by atoms with Gasteiger partial charge in [0.15, 0.2) is 0 Å². The van der Waals surface area contributed by atoms with Gasteiger partial charge in [0.1, 0.15) is 5.82 Å². The van der Waals surface area contributed by atoms with Crippen molar-refractivity contribution in [2.75, 3.05) is 58.8 Å². The lowest BCUT2D eigenvalue weighted by Crippen LogP contribution is -2.53. The standard InChI is InChI=1S/C28H32ClN5O2S/c1-31(2)15-16-32(3)26-19-23(12-13-30-26)22-8-6-21(7-9-22)20-34-18-17-33(27(35)28(34)36)14-4-5-24-10-11-25(29)37-24/h4-13,19H,14-18,20H2,1-3H3. The van der Waals surface area contributed by atoms with Crippen LogP contribution >= 0.6 is 22.9 Å². The maximum Gasteiger partial charge on any atom is 0.312 e.